The van der Waals surface area contributed by atoms with E-state index in [2.05, 4.69) is 28.4 Å². The van der Waals surface area contributed by atoms with Crippen LogP contribution in [0, 0.1) is 11.8 Å². The standard InChI is InChI=1S/C27H39N3O4/c1-33-16-13-28-26(31)17-21-12-14-29-18-22(21)8-6-15-34-25-11-5-2-7-23(25)19-30(20-27(29)32)24-9-3-4-10-24/h2,5-8,11,21-22,24H,3-4,9-10,12-20H2,1H3,(H,28,31)/b8-6+/t21-,22-/m0/s1. The van der Waals surface area contributed by atoms with E-state index >= 15 is 0 Å². The van der Waals surface area contributed by atoms with Crippen LogP contribution >= 0.6 is 0 Å². The van der Waals surface area contributed by atoms with Crippen molar-refractivity contribution in [3.8, 4) is 5.75 Å². The van der Waals surface area contributed by atoms with Gasteiger partial charge in [0.25, 0.3) is 0 Å². The van der Waals surface area contributed by atoms with Gasteiger partial charge in [-0.2, -0.15) is 0 Å². The quantitative estimate of drug-likeness (QED) is 0.512. The molecule has 1 saturated heterocycles. The average Bonchev–Trinajstić information content (AvgIpc) is 3.38. The zero-order chi connectivity index (χ0) is 23.8. The Morgan fingerprint density at radius 3 is 2.82 bits per heavy atom. The Kier molecular flexibility index (Phi) is 8.99. The Labute approximate surface area is 203 Å². The molecular formula is C27H39N3O4. The highest BCUT2D eigenvalue weighted by atomic mass is 16.5. The number of carbonyl (C=O) groups is 2. The number of nitrogens with zero attached hydrogens (tertiary/aromatic N) is 2. The van der Waals surface area contributed by atoms with Gasteiger partial charge in [0.2, 0.25) is 11.8 Å². The molecule has 4 rings (SSSR count). The van der Waals surface area contributed by atoms with Gasteiger partial charge in [-0.15, -0.1) is 0 Å². The molecule has 34 heavy (non-hydrogen) atoms. The SMILES string of the molecule is COCCNC(=O)C[C@@H]1CCN2C[C@@H]1/C=C/COc1ccccc1CN(C1CCCC1)CC2=O. The molecule has 1 aliphatic carbocycles. The van der Waals surface area contributed by atoms with Crippen LogP contribution in [0.3, 0.4) is 0 Å². The maximum atomic E-state index is 13.4. The molecule has 186 valence electrons. The molecule has 0 unspecified atom stereocenters. The molecule has 2 aliphatic heterocycles. The number of hydrogen-bond donors (Lipinski definition) is 1. The first-order valence-electron chi connectivity index (χ1n) is 12.8. The highest BCUT2D eigenvalue weighted by molar-refractivity contribution is 5.79. The second kappa shape index (κ2) is 12.4. The van der Waals surface area contributed by atoms with E-state index in [9.17, 15) is 9.59 Å². The molecule has 1 aromatic carbocycles. The number of methoxy groups -OCH3 is 1. The molecule has 2 amide bonds. The van der Waals surface area contributed by atoms with E-state index in [4.69, 9.17) is 9.47 Å². The van der Waals surface area contributed by atoms with Crippen molar-refractivity contribution < 1.29 is 19.1 Å². The number of para-hydroxylation sites is 1. The topological polar surface area (TPSA) is 71.1 Å². The van der Waals surface area contributed by atoms with Crippen molar-refractivity contribution in [2.75, 3.05) is 46.5 Å². The molecular weight excluding hydrogens is 430 g/mol. The van der Waals surface area contributed by atoms with Crippen molar-refractivity contribution in [1.82, 2.24) is 15.1 Å². The lowest BCUT2D eigenvalue weighted by Crippen LogP contribution is -2.49. The minimum absolute atomic E-state index is 0.0516. The summed E-state index contributed by atoms with van der Waals surface area (Å²) in [6.07, 6.45) is 10.3. The summed E-state index contributed by atoms with van der Waals surface area (Å²) < 4.78 is 11.2. The van der Waals surface area contributed by atoms with Crippen LogP contribution in [0.2, 0.25) is 0 Å². The minimum atomic E-state index is 0.0516. The summed E-state index contributed by atoms with van der Waals surface area (Å²) in [5, 5.41) is 2.94. The molecule has 1 saturated carbocycles. The van der Waals surface area contributed by atoms with Crippen LogP contribution in [0.1, 0.15) is 44.1 Å². The third-order valence-corrected chi connectivity index (χ3v) is 7.48. The number of ether oxygens (including phenoxy) is 2. The number of piperidine rings is 1. The Hall–Kier alpha value is -2.38. The first-order chi connectivity index (χ1) is 16.6. The monoisotopic (exact) mass is 469 g/mol. The number of nitrogens with one attached hydrogen (secondary N) is 1. The average molecular weight is 470 g/mol. The molecule has 1 aromatic rings. The lowest BCUT2D eigenvalue weighted by Gasteiger charge is -2.38. The maximum absolute atomic E-state index is 13.4. The van der Waals surface area contributed by atoms with E-state index in [0.717, 1.165) is 37.1 Å². The van der Waals surface area contributed by atoms with E-state index < -0.39 is 0 Å². The van der Waals surface area contributed by atoms with Crippen molar-refractivity contribution in [2.24, 2.45) is 11.8 Å². The summed E-state index contributed by atoms with van der Waals surface area (Å²) in [5.74, 6) is 1.50. The zero-order valence-electron chi connectivity index (χ0n) is 20.4. The Bertz CT molecular complexity index is 852. The first kappa shape index (κ1) is 24.7. The lowest BCUT2D eigenvalue weighted by atomic mass is 9.82. The zero-order valence-corrected chi connectivity index (χ0v) is 20.4. The van der Waals surface area contributed by atoms with E-state index in [0.29, 0.717) is 51.9 Å². The molecule has 2 bridgehead atoms. The summed E-state index contributed by atoms with van der Waals surface area (Å²) >= 11 is 0. The second-order valence-electron chi connectivity index (χ2n) is 9.79. The molecule has 0 aromatic heterocycles. The van der Waals surface area contributed by atoms with Crippen LogP contribution < -0.4 is 10.1 Å². The number of benzene rings is 1. The van der Waals surface area contributed by atoms with Crippen molar-refractivity contribution in [1.29, 1.82) is 0 Å². The Balaban J connectivity index is 1.50. The van der Waals surface area contributed by atoms with Gasteiger partial charge in [-0.1, -0.05) is 43.2 Å². The number of carbonyl (C=O) groups excluding carboxylic acids is 2. The van der Waals surface area contributed by atoms with Crippen molar-refractivity contribution in [3.05, 3.63) is 42.0 Å². The van der Waals surface area contributed by atoms with Crippen LogP contribution in [0.4, 0.5) is 0 Å². The molecule has 7 nitrogen and oxygen atoms in total. The second-order valence-corrected chi connectivity index (χ2v) is 9.79. The number of hydrogen-bond acceptors (Lipinski definition) is 5. The third kappa shape index (κ3) is 6.60. The minimum Gasteiger partial charge on any atom is -0.489 e. The fourth-order valence-corrected chi connectivity index (χ4v) is 5.55. The molecule has 0 radical (unpaired) electrons. The molecule has 2 heterocycles. The highest BCUT2D eigenvalue weighted by Gasteiger charge is 2.33. The number of rotatable bonds is 6. The van der Waals surface area contributed by atoms with E-state index in [1.54, 1.807) is 7.11 Å². The molecule has 3 aliphatic rings. The van der Waals surface area contributed by atoms with Crippen LogP contribution in [0.5, 0.6) is 5.75 Å². The van der Waals surface area contributed by atoms with Gasteiger partial charge >= 0.3 is 0 Å². The smallest absolute Gasteiger partial charge is 0.236 e. The fraction of sp³-hybridized carbons (Fsp3) is 0.630. The van der Waals surface area contributed by atoms with Crippen molar-refractivity contribution >= 4 is 11.8 Å². The van der Waals surface area contributed by atoms with Gasteiger partial charge in [0.15, 0.2) is 0 Å². The van der Waals surface area contributed by atoms with Crippen LogP contribution in [-0.2, 0) is 20.9 Å². The highest BCUT2D eigenvalue weighted by Crippen LogP contribution is 2.31. The van der Waals surface area contributed by atoms with Gasteiger partial charge < -0.3 is 19.7 Å². The fourth-order valence-electron chi connectivity index (χ4n) is 5.55. The van der Waals surface area contributed by atoms with E-state index in [1.807, 2.05) is 23.1 Å². The summed E-state index contributed by atoms with van der Waals surface area (Å²) in [6.45, 7) is 4.07. The first-order valence-corrected chi connectivity index (χ1v) is 12.8. The summed E-state index contributed by atoms with van der Waals surface area (Å²) in [4.78, 5) is 30.3. The van der Waals surface area contributed by atoms with Gasteiger partial charge in [0.1, 0.15) is 12.4 Å². The van der Waals surface area contributed by atoms with Gasteiger partial charge in [-0.05, 0) is 37.2 Å². The molecule has 2 fully saturated rings. The molecule has 1 N–H and O–H groups in total. The molecule has 0 spiro atoms. The summed E-state index contributed by atoms with van der Waals surface area (Å²) in [7, 11) is 1.63. The van der Waals surface area contributed by atoms with Crippen LogP contribution in [0.15, 0.2) is 36.4 Å². The van der Waals surface area contributed by atoms with E-state index in [-0.39, 0.29) is 23.7 Å². The van der Waals surface area contributed by atoms with Gasteiger partial charge in [0.05, 0.1) is 13.2 Å². The van der Waals surface area contributed by atoms with E-state index in [1.165, 1.54) is 12.8 Å². The summed E-state index contributed by atoms with van der Waals surface area (Å²) in [6, 6.07) is 8.63. The predicted molar refractivity (Wildman–Crippen MR) is 131 cm³/mol. The third-order valence-electron chi connectivity index (χ3n) is 7.48. The maximum Gasteiger partial charge on any atom is 0.236 e. The normalized spacial score (nSPS) is 25.4. The molecule has 2 atom stereocenters. The largest absolute Gasteiger partial charge is 0.489 e. The lowest BCUT2D eigenvalue weighted by molar-refractivity contribution is -0.135. The van der Waals surface area contributed by atoms with Crippen LogP contribution in [0.25, 0.3) is 0 Å². The predicted octanol–water partition coefficient (Wildman–Crippen LogP) is 3.00. The Morgan fingerprint density at radius 1 is 1.18 bits per heavy atom. The van der Waals surface area contributed by atoms with Gasteiger partial charge in [-0.3, -0.25) is 14.5 Å². The van der Waals surface area contributed by atoms with Crippen molar-refractivity contribution in [2.45, 2.75) is 51.1 Å². The number of fused-ring (bicyclic) bond motifs is 3. The van der Waals surface area contributed by atoms with Gasteiger partial charge in [0, 0.05) is 51.3 Å². The van der Waals surface area contributed by atoms with Crippen LogP contribution in [-0.4, -0.2) is 74.2 Å². The van der Waals surface area contributed by atoms with Crippen molar-refractivity contribution in [3.63, 3.8) is 0 Å². The molecule has 7 heteroatoms. The van der Waals surface area contributed by atoms with Gasteiger partial charge in [-0.25, -0.2) is 0 Å². The Morgan fingerprint density at radius 2 is 2.00 bits per heavy atom. The number of amides is 2. The summed E-state index contributed by atoms with van der Waals surface area (Å²) in [5.41, 5.74) is 1.14.